The predicted octanol–water partition coefficient (Wildman–Crippen LogP) is 4.46. The lowest BCUT2D eigenvalue weighted by molar-refractivity contribution is -0.140. The number of rotatable bonds is 9. The van der Waals surface area contributed by atoms with Crippen molar-refractivity contribution in [1.29, 1.82) is 0 Å². The van der Waals surface area contributed by atoms with Crippen molar-refractivity contribution >= 4 is 17.6 Å². The molecule has 1 amide bonds. The molecule has 0 saturated carbocycles. The van der Waals surface area contributed by atoms with Crippen LogP contribution in [0.25, 0.3) is 5.69 Å². The minimum Gasteiger partial charge on any atom is -0.493 e. The molecule has 0 bridgehead atoms. The van der Waals surface area contributed by atoms with Gasteiger partial charge >= 0.3 is 12.6 Å². The summed E-state index contributed by atoms with van der Waals surface area (Å²) in [4.78, 5) is 24.1. The van der Waals surface area contributed by atoms with Crippen LogP contribution in [-0.4, -0.2) is 42.5 Å². The lowest BCUT2D eigenvalue weighted by Crippen LogP contribution is -2.12. The second-order valence-corrected chi connectivity index (χ2v) is 7.38. The van der Waals surface area contributed by atoms with Crippen molar-refractivity contribution in [3.8, 4) is 17.2 Å². The summed E-state index contributed by atoms with van der Waals surface area (Å²) < 4.78 is 41.2. The average molecular weight is 473 g/mol. The van der Waals surface area contributed by atoms with Crippen molar-refractivity contribution in [2.75, 3.05) is 19.5 Å². The number of methoxy groups -OCH3 is 2. The maximum atomic E-state index is 12.7. The molecule has 0 radical (unpaired) electrons. The Morgan fingerprint density at radius 1 is 1.06 bits per heavy atom. The number of aromatic nitrogens is 2. The van der Waals surface area contributed by atoms with Crippen LogP contribution < -0.4 is 14.8 Å². The molecule has 0 atom stereocenters. The van der Waals surface area contributed by atoms with Crippen LogP contribution in [-0.2, 0) is 16.0 Å². The van der Waals surface area contributed by atoms with E-state index in [4.69, 9.17) is 9.47 Å². The summed E-state index contributed by atoms with van der Waals surface area (Å²) in [5.41, 5.74) is 4.06. The Bertz CT molecular complexity index is 1180. The standard InChI is InChI=1S/C24H25F2N3O5/c1-14-19(10-12-22(30)33-4)15(2)29(28-14)18-8-5-16(6-9-18)23(31)27-17-7-11-20(32-3)21(13-17)34-24(25)26/h5-9,11,13,24H,10,12H2,1-4H3,(H,27,31). The van der Waals surface area contributed by atoms with E-state index in [1.54, 1.807) is 28.9 Å². The summed E-state index contributed by atoms with van der Waals surface area (Å²) in [6, 6.07) is 11.0. The fourth-order valence-electron chi connectivity index (χ4n) is 3.52. The van der Waals surface area contributed by atoms with E-state index in [0.29, 0.717) is 12.0 Å². The molecule has 10 heteroatoms. The molecule has 1 aromatic heterocycles. The Kier molecular flexibility index (Phi) is 7.83. The Labute approximate surface area is 195 Å². The zero-order valence-electron chi connectivity index (χ0n) is 19.2. The number of carbonyl (C=O) groups excluding carboxylic acids is 2. The summed E-state index contributed by atoms with van der Waals surface area (Å²) >= 11 is 0. The number of nitrogens with one attached hydrogen (secondary N) is 1. The third kappa shape index (κ3) is 5.69. The van der Waals surface area contributed by atoms with Gasteiger partial charge in [0, 0.05) is 29.4 Å². The Morgan fingerprint density at radius 2 is 1.76 bits per heavy atom. The topological polar surface area (TPSA) is 91.7 Å². The first-order valence-corrected chi connectivity index (χ1v) is 10.4. The molecule has 8 nitrogen and oxygen atoms in total. The van der Waals surface area contributed by atoms with Crippen molar-refractivity contribution in [2.45, 2.75) is 33.3 Å². The summed E-state index contributed by atoms with van der Waals surface area (Å²) in [7, 11) is 2.69. The van der Waals surface area contributed by atoms with Gasteiger partial charge < -0.3 is 19.5 Å². The zero-order valence-corrected chi connectivity index (χ0v) is 19.2. The van der Waals surface area contributed by atoms with Crippen LogP contribution in [0.5, 0.6) is 11.5 Å². The number of nitrogens with zero attached hydrogens (tertiary/aromatic N) is 2. The molecule has 0 fully saturated rings. The van der Waals surface area contributed by atoms with Gasteiger partial charge in [-0.25, -0.2) is 4.68 Å². The number of hydrogen-bond donors (Lipinski definition) is 1. The lowest BCUT2D eigenvalue weighted by Gasteiger charge is -2.12. The third-order valence-electron chi connectivity index (χ3n) is 5.26. The molecule has 34 heavy (non-hydrogen) atoms. The monoisotopic (exact) mass is 473 g/mol. The second kappa shape index (κ2) is 10.8. The number of aryl methyl sites for hydroxylation is 1. The van der Waals surface area contributed by atoms with Gasteiger partial charge in [-0.3, -0.25) is 9.59 Å². The number of benzene rings is 2. The molecule has 1 heterocycles. The number of hydrogen-bond acceptors (Lipinski definition) is 6. The van der Waals surface area contributed by atoms with E-state index >= 15 is 0 Å². The van der Waals surface area contributed by atoms with Gasteiger partial charge in [-0.2, -0.15) is 13.9 Å². The van der Waals surface area contributed by atoms with E-state index in [1.165, 1.54) is 32.4 Å². The maximum Gasteiger partial charge on any atom is 0.387 e. The molecule has 0 aliphatic heterocycles. The van der Waals surface area contributed by atoms with Crippen LogP contribution in [0.2, 0.25) is 0 Å². The highest BCUT2D eigenvalue weighted by Crippen LogP contribution is 2.31. The third-order valence-corrected chi connectivity index (χ3v) is 5.26. The fraction of sp³-hybridized carbons (Fsp3) is 0.292. The highest BCUT2D eigenvalue weighted by atomic mass is 19.3. The SMILES string of the molecule is COC(=O)CCc1c(C)nn(-c2ccc(C(=O)Nc3ccc(OC)c(OC(F)F)c3)cc2)c1C. The van der Waals surface area contributed by atoms with Crippen LogP contribution in [0.3, 0.4) is 0 Å². The summed E-state index contributed by atoms with van der Waals surface area (Å²) in [5, 5.41) is 7.21. The van der Waals surface area contributed by atoms with Gasteiger partial charge in [0.25, 0.3) is 5.91 Å². The fourth-order valence-corrected chi connectivity index (χ4v) is 3.52. The number of halogens is 2. The molecule has 3 rings (SSSR count). The molecular formula is C24H25F2N3O5. The maximum absolute atomic E-state index is 12.7. The van der Waals surface area contributed by atoms with Crippen molar-refractivity contribution in [1.82, 2.24) is 9.78 Å². The van der Waals surface area contributed by atoms with Crippen molar-refractivity contribution in [2.24, 2.45) is 0 Å². The number of alkyl halides is 2. The summed E-state index contributed by atoms with van der Waals surface area (Å²) in [5.74, 6) is -0.768. The average Bonchev–Trinajstić information content (AvgIpc) is 3.10. The van der Waals surface area contributed by atoms with Gasteiger partial charge in [0.2, 0.25) is 0 Å². The molecule has 3 aromatic rings. The van der Waals surface area contributed by atoms with Gasteiger partial charge in [0.15, 0.2) is 11.5 Å². The van der Waals surface area contributed by atoms with Gasteiger partial charge in [0.05, 0.1) is 25.6 Å². The van der Waals surface area contributed by atoms with E-state index in [0.717, 1.165) is 22.6 Å². The molecule has 1 N–H and O–H groups in total. The van der Waals surface area contributed by atoms with Crippen LogP contribution in [0, 0.1) is 13.8 Å². The van der Waals surface area contributed by atoms with Gasteiger partial charge in [-0.05, 0) is 62.2 Å². The number of esters is 1. The molecule has 0 saturated heterocycles. The molecule has 0 unspecified atom stereocenters. The molecule has 180 valence electrons. The Morgan fingerprint density at radius 3 is 2.38 bits per heavy atom. The summed E-state index contributed by atoms with van der Waals surface area (Å²) in [6.45, 7) is 0.761. The Balaban J connectivity index is 1.75. The number of anilines is 1. The smallest absolute Gasteiger partial charge is 0.387 e. The highest BCUT2D eigenvalue weighted by Gasteiger charge is 2.16. The van der Waals surface area contributed by atoms with Crippen LogP contribution in [0.1, 0.15) is 33.7 Å². The van der Waals surface area contributed by atoms with Crippen LogP contribution in [0.15, 0.2) is 42.5 Å². The molecular weight excluding hydrogens is 448 g/mol. The first-order valence-electron chi connectivity index (χ1n) is 10.4. The van der Waals surface area contributed by atoms with E-state index in [-0.39, 0.29) is 29.6 Å². The quantitative estimate of drug-likeness (QED) is 0.462. The van der Waals surface area contributed by atoms with E-state index in [1.807, 2.05) is 13.8 Å². The number of ether oxygens (including phenoxy) is 3. The van der Waals surface area contributed by atoms with Gasteiger partial charge in [-0.1, -0.05) is 0 Å². The van der Waals surface area contributed by atoms with Gasteiger partial charge in [-0.15, -0.1) is 0 Å². The lowest BCUT2D eigenvalue weighted by atomic mass is 10.1. The molecule has 2 aromatic carbocycles. The van der Waals surface area contributed by atoms with Gasteiger partial charge in [0.1, 0.15) is 0 Å². The zero-order chi connectivity index (χ0) is 24.8. The van der Waals surface area contributed by atoms with E-state index in [9.17, 15) is 18.4 Å². The molecule has 0 spiro atoms. The second-order valence-electron chi connectivity index (χ2n) is 7.38. The minimum atomic E-state index is -3.03. The van der Waals surface area contributed by atoms with Crippen LogP contribution in [0.4, 0.5) is 14.5 Å². The van der Waals surface area contributed by atoms with E-state index in [2.05, 4.69) is 15.2 Å². The Hall–Kier alpha value is -3.95. The number of amides is 1. The first-order chi connectivity index (χ1) is 16.2. The van der Waals surface area contributed by atoms with Crippen LogP contribution >= 0.6 is 0 Å². The van der Waals surface area contributed by atoms with Crippen molar-refractivity contribution in [3.63, 3.8) is 0 Å². The molecule has 0 aliphatic rings. The van der Waals surface area contributed by atoms with E-state index < -0.39 is 12.5 Å². The van der Waals surface area contributed by atoms with Crippen molar-refractivity contribution in [3.05, 3.63) is 65.0 Å². The largest absolute Gasteiger partial charge is 0.493 e. The van der Waals surface area contributed by atoms with Crippen molar-refractivity contribution < 1.29 is 32.6 Å². The summed E-state index contributed by atoms with van der Waals surface area (Å²) in [6.07, 6.45) is 0.780. The predicted molar refractivity (Wildman–Crippen MR) is 121 cm³/mol. The first kappa shape index (κ1) is 24.7. The highest BCUT2D eigenvalue weighted by molar-refractivity contribution is 6.04. The minimum absolute atomic E-state index is 0.124. The number of carbonyl (C=O) groups is 2. The molecule has 0 aliphatic carbocycles. The normalized spacial score (nSPS) is 10.8.